The van der Waals surface area contributed by atoms with E-state index in [1.165, 1.54) is 95.0 Å². The summed E-state index contributed by atoms with van der Waals surface area (Å²) in [5.41, 5.74) is 8.50. The van der Waals surface area contributed by atoms with Crippen LogP contribution >= 0.6 is 31.9 Å². The first-order valence-corrected chi connectivity index (χ1v) is 39.7. The third-order valence-corrected chi connectivity index (χ3v) is 18.3. The first-order chi connectivity index (χ1) is 57.0. The smallest absolute Gasteiger partial charge is 0.305 e. The number of piperidine rings is 1. The van der Waals surface area contributed by atoms with E-state index in [4.69, 9.17) is 21.1 Å². The number of nitrogens with two attached hydrogens (primary N) is 1. The van der Waals surface area contributed by atoms with Gasteiger partial charge in [0.05, 0.1) is 60.4 Å². The van der Waals surface area contributed by atoms with E-state index in [9.17, 15) is 80.2 Å². The predicted octanol–water partition coefficient (Wildman–Crippen LogP) is 10.5. The van der Waals surface area contributed by atoms with E-state index in [0.717, 1.165) is 147 Å². The Hall–Kier alpha value is -10.9. The quantitative estimate of drug-likeness (QED) is 0.00731. The molecule has 4 atom stereocenters. The summed E-state index contributed by atoms with van der Waals surface area (Å²) < 4.78 is 18.1. The van der Waals surface area contributed by atoms with Gasteiger partial charge in [0.15, 0.2) is 0 Å². The van der Waals surface area contributed by atoms with Crippen LogP contribution in [0.2, 0.25) is 0 Å². The SMILES string of the molecule is NCCCCCCO.O=CCCCCCNc1ccc(-n2cncn2)cc1[N+](=O)[O-].O=[N+]([O-])c1cc(-n2cncn2)ccc1NCCCCCCN1C[C@H](O)[C@@H](O)[C@H](O)[C@H]1CO.O=[N+]([O-])c1cc(-n2cncn2)ccc1NCCCCCCO.O=[N+]([O-])c1cc(Br)ccc1F.O=[N+]([O-])c1cc(Br)ccc1NCCCCCCO.c1nc[nH]n1. The minimum atomic E-state index is -1.25. The zero-order valence-electron chi connectivity index (χ0n) is 65.0. The van der Waals surface area contributed by atoms with Crippen LogP contribution in [0.3, 0.4) is 0 Å². The number of aromatic amines is 1. The minimum Gasteiger partial charge on any atom is -0.396 e. The fourth-order valence-electron chi connectivity index (χ4n) is 11.2. The average Bonchev–Trinajstić information content (AvgIpc) is 0.922. The number of hydrogen-bond donors (Lipinski definition) is 13. The fourth-order valence-corrected chi connectivity index (χ4v) is 11.9. The molecule has 5 aromatic carbocycles. The van der Waals surface area contributed by atoms with Crippen molar-refractivity contribution in [2.75, 3.05) is 93.5 Å². The Morgan fingerprint density at radius 3 is 1.16 bits per heavy atom. The highest BCUT2D eigenvalue weighted by Crippen LogP contribution is 2.32. The van der Waals surface area contributed by atoms with Crippen LogP contribution in [0.4, 0.5) is 55.6 Å². The van der Waals surface area contributed by atoms with Gasteiger partial charge in [0.2, 0.25) is 5.82 Å². The van der Waals surface area contributed by atoms with Gasteiger partial charge in [-0.15, -0.1) is 0 Å². The van der Waals surface area contributed by atoms with E-state index in [-0.39, 0.29) is 49.1 Å². The number of rotatable bonds is 43. The van der Waals surface area contributed by atoms with Crippen molar-refractivity contribution in [1.82, 2.24) is 64.4 Å². The second-order valence-corrected chi connectivity index (χ2v) is 27.8. The molecule has 5 heterocycles. The number of aldehydes is 1. The van der Waals surface area contributed by atoms with Gasteiger partial charge in [-0.2, -0.15) is 24.8 Å². The summed E-state index contributed by atoms with van der Waals surface area (Å²) in [6.07, 6.45) is 27.3. The van der Waals surface area contributed by atoms with Crippen LogP contribution in [-0.2, 0) is 4.79 Å². The van der Waals surface area contributed by atoms with Crippen LogP contribution in [-0.4, -0.2) is 228 Å². The van der Waals surface area contributed by atoms with Gasteiger partial charge in [0.25, 0.3) is 22.7 Å². The number of nitrogens with one attached hydrogen (secondary N) is 5. The normalized spacial score (nSPS) is 13.9. The second-order valence-electron chi connectivity index (χ2n) is 26.0. The number of carbonyl (C=O) groups excluding carboxylic acids is 1. The number of benzene rings is 5. The Morgan fingerprint density at radius 1 is 0.466 bits per heavy atom. The summed E-state index contributed by atoms with van der Waals surface area (Å²) in [6.45, 7) is 4.63. The number of hydrogen-bond acceptors (Lipinski definition) is 32. The van der Waals surface area contributed by atoms with Gasteiger partial charge in [0.1, 0.15) is 91.9 Å². The van der Waals surface area contributed by atoms with Gasteiger partial charge in [0, 0.05) is 98.2 Å². The maximum Gasteiger partial charge on any atom is 0.305 e. The lowest BCUT2D eigenvalue weighted by Gasteiger charge is -2.43. The van der Waals surface area contributed by atoms with Crippen LogP contribution in [0.5, 0.6) is 0 Å². The number of β-amino-alcohol motifs (C(OH)–C–C–N with tert-alkyl or cyclic N) is 1. The molecule has 0 amide bonds. The summed E-state index contributed by atoms with van der Waals surface area (Å²) in [7, 11) is 0. The number of aliphatic hydroxyl groups is 7. The topological polar surface area (TPSA) is 585 Å². The molecule has 10 rings (SSSR count). The highest BCUT2D eigenvalue weighted by molar-refractivity contribution is 9.10. The molecule has 41 nitrogen and oxygen atoms in total. The Morgan fingerprint density at radius 2 is 0.831 bits per heavy atom. The zero-order valence-corrected chi connectivity index (χ0v) is 68.2. The van der Waals surface area contributed by atoms with Crippen LogP contribution in [0.1, 0.15) is 128 Å². The largest absolute Gasteiger partial charge is 0.396 e. The van der Waals surface area contributed by atoms with Gasteiger partial charge >= 0.3 is 5.69 Å². The molecule has 1 aliphatic rings. The number of carbonyl (C=O) groups is 1. The molecular weight excluding hydrogens is 1680 g/mol. The van der Waals surface area contributed by atoms with E-state index in [2.05, 4.69) is 98.6 Å². The second kappa shape index (κ2) is 58.8. The van der Waals surface area contributed by atoms with Crippen LogP contribution in [0, 0.1) is 56.4 Å². The number of nitro groups is 5. The fraction of sp³-hybridized carbons (Fsp3) is 0.473. The van der Waals surface area contributed by atoms with Crippen molar-refractivity contribution in [2.45, 2.75) is 153 Å². The van der Waals surface area contributed by atoms with E-state index in [1.807, 2.05) is 0 Å². The van der Waals surface area contributed by atoms with Crippen LogP contribution < -0.4 is 27.0 Å². The van der Waals surface area contributed by atoms with Gasteiger partial charge in [-0.1, -0.05) is 89.6 Å². The number of halogens is 3. The molecule has 0 bridgehead atoms. The van der Waals surface area contributed by atoms with Crippen LogP contribution in [0.25, 0.3) is 17.1 Å². The van der Waals surface area contributed by atoms with Crippen molar-refractivity contribution in [2.24, 2.45) is 5.73 Å². The Kier molecular flexibility index (Phi) is 49.6. The summed E-state index contributed by atoms with van der Waals surface area (Å²) >= 11 is 6.21. The summed E-state index contributed by atoms with van der Waals surface area (Å²) in [5, 5.41) is 150. The maximum atomic E-state index is 12.6. The monoisotopic (exact) mass is 1780 g/mol. The number of aliphatic hydroxyl groups excluding tert-OH is 7. The van der Waals surface area contributed by atoms with Crippen molar-refractivity contribution in [3.8, 4) is 17.1 Å². The van der Waals surface area contributed by atoms with E-state index >= 15 is 0 Å². The first-order valence-electron chi connectivity index (χ1n) is 38.1. The predicted molar refractivity (Wildman–Crippen MR) is 445 cm³/mol. The Labute approximate surface area is 695 Å². The van der Waals surface area contributed by atoms with Crippen LogP contribution in [0.15, 0.2) is 151 Å². The molecule has 4 aromatic heterocycles. The lowest BCUT2D eigenvalue weighted by molar-refractivity contribution is -0.387. The first kappa shape index (κ1) is 99.4. The van der Waals surface area contributed by atoms with Crippen molar-refractivity contribution < 1.29 is 69.5 Å². The standard InChI is InChI=1S/C20H30N6O6.C14H19N5O3.C14H17N5O3.C12H17BrN2O3.C6H3BrFNO2.C6H15NO.C2H3N3/c27-11-17-19(29)20(30)18(28)10-24(17)8-4-2-1-3-7-22-15-6-5-14(9-16(15)26(31)32)25-13-21-12-23-25;2*20-8-4-2-1-3-7-16-13-6-5-12(9-14(13)19(21)22)18-11-15-10-17-18;13-10-5-6-11(12(9-10)15(17)18)14-7-3-1-2-4-8-16;7-4-1-2-5(8)6(3-4)9(10)11;7-5-3-1-2-4-6-8;1-3-2-5-4-1/h5-6,9,12-13,17-20,22,27-30H,1-4,7-8,10-11H2;5-6,9-11,16,20H,1-4,7-8H2;5-6,8-11,16H,1-4,7H2;5-6,9,14,16H,1-4,7-8H2;1-3H;8H,1-7H2;1-2H,(H,3,4,5)/t17-,18+,19-,20-;;;;;;/m1....../s1. The number of likely N-dealkylation sites (tertiary alicyclic amines) is 1. The summed E-state index contributed by atoms with van der Waals surface area (Å²) in [6, 6.07) is 22.6. The Bertz CT molecular complexity index is 4260. The number of aromatic nitrogens is 12. The summed E-state index contributed by atoms with van der Waals surface area (Å²) in [4.78, 5) is 79.5. The van der Waals surface area contributed by atoms with Gasteiger partial charge < -0.3 is 67.5 Å². The van der Waals surface area contributed by atoms with E-state index in [1.54, 1.807) is 53.4 Å². The molecule has 0 unspecified atom stereocenters. The van der Waals surface area contributed by atoms with Crippen molar-refractivity contribution in [3.05, 3.63) is 207 Å². The molecule has 44 heteroatoms. The van der Waals surface area contributed by atoms with Gasteiger partial charge in [-0.25, -0.2) is 34.0 Å². The summed E-state index contributed by atoms with van der Waals surface area (Å²) in [5.74, 6) is -0.821. The molecule has 0 saturated carbocycles. The molecular formula is C74H104Br2FN23O18. The highest BCUT2D eigenvalue weighted by atomic mass is 79.9. The molecule has 0 aliphatic carbocycles. The minimum absolute atomic E-state index is 0.000825. The number of nitrogens with zero attached hydrogens (tertiary/aromatic N) is 17. The number of anilines is 4. The van der Waals surface area contributed by atoms with Gasteiger partial charge in [-0.05, 0) is 138 Å². The number of H-pyrrole nitrogens is 1. The maximum absolute atomic E-state index is 12.6. The average molecular weight is 1780 g/mol. The molecule has 1 aliphatic heterocycles. The van der Waals surface area contributed by atoms with E-state index < -0.39 is 60.5 Å². The molecule has 118 heavy (non-hydrogen) atoms. The highest BCUT2D eigenvalue weighted by Gasteiger charge is 2.40. The van der Waals surface area contributed by atoms with Crippen molar-refractivity contribution in [3.63, 3.8) is 0 Å². The number of unbranched alkanes of at least 4 members (excludes halogenated alkanes) is 15. The zero-order chi connectivity index (χ0) is 86.2. The lowest BCUT2D eigenvalue weighted by Crippen LogP contribution is -2.62. The molecule has 14 N–H and O–H groups in total. The number of nitro benzene ring substituents is 5. The molecule has 0 spiro atoms. The van der Waals surface area contributed by atoms with Crippen molar-refractivity contribution in [1.29, 1.82) is 0 Å². The molecule has 644 valence electrons. The Balaban J connectivity index is 0.000000306. The van der Waals surface area contributed by atoms with Crippen molar-refractivity contribution >= 4 is 89.3 Å². The third kappa shape index (κ3) is 38.0. The van der Waals surface area contributed by atoms with Gasteiger partial charge in [-0.3, -0.25) is 60.6 Å². The molecule has 1 fully saturated rings. The molecule has 0 radical (unpaired) electrons. The lowest BCUT2D eigenvalue weighted by atomic mass is 9.94. The third-order valence-electron chi connectivity index (χ3n) is 17.3. The molecule has 1 saturated heterocycles. The van der Waals surface area contributed by atoms with E-state index in [0.29, 0.717) is 94.5 Å². The molecule has 9 aromatic rings.